The summed E-state index contributed by atoms with van der Waals surface area (Å²) in [6.07, 6.45) is 1.01. The molecule has 3 aliphatic heterocycles. The van der Waals surface area contributed by atoms with Crippen LogP contribution in [0.2, 0.25) is 0 Å². The maximum Gasteiger partial charge on any atom is 0.334 e. The van der Waals surface area contributed by atoms with Gasteiger partial charge in [-0.25, -0.2) is 4.79 Å². The van der Waals surface area contributed by atoms with Gasteiger partial charge in [-0.1, -0.05) is 6.07 Å². The first-order valence-electron chi connectivity index (χ1n) is 12.7. The molecule has 13 heteroatoms. The topological polar surface area (TPSA) is 153 Å². The van der Waals surface area contributed by atoms with Crippen molar-refractivity contribution in [3.05, 3.63) is 62.1 Å². The minimum absolute atomic E-state index is 0.0354. The molecule has 4 amide bonds. The average molecular weight is 540 g/mol. The number of nitrogens with zero attached hydrogens (tertiary/aromatic N) is 4. The largest absolute Gasteiger partial charge is 0.493 e. The fourth-order valence-corrected chi connectivity index (χ4v) is 5.78. The summed E-state index contributed by atoms with van der Waals surface area (Å²) < 4.78 is 12.0. The number of ether oxygens (including phenoxy) is 2. The number of pyridine rings is 1. The molecular weight excluding hydrogens is 510 g/mol. The van der Waals surface area contributed by atoms with E-state index in [9.17, 15) is 29.3 Å². The Bertz CT molecular complexity index is 1410. The standard InChI is InChI=1S/C26H29N5O8/c1-38-21-6-3-15(10-22(21)39-2)7-8-29-24(33)18(27-26(29)35)11-23(32)28-12-16-9-17(14-28)19-4-5-20(31(36)37)25(34)30(19)13-16/h3-6,10,16-18H,7-9,11-14H2,1-2H3,(H,27,35)/t16?,17?,18-/m0/s1. The molecule has 2 bridgehead atoms. The number of rotatable bonds is 8. The Labute approximate surface area is 223 Å². The predicted octanol–water partition coefficient (Wildman–Crippen LogP) is 1.27. The fraction of sp³-hybridized carbons (Fsp3) is 0.462. The average Bonchev–Trinajstić information content (AvgIpc) is 3.18. The maximum atomic E-state index is 13.2. The Hall–Kier alpha value is -4.42. The van der Waals surface area contributed by atoms with Crippen molar-refractivity contribution in [3.8, 4) is 11.5 Å². The van der Waals surface area contributed by atoms with Crippen LogP contribution >= 0.6 is 0 Å². The molecule has 2 aromatic rings. The molecule has 3 aliphatic rings. The van der Waals surface area contributed by atoms with E-state index in [1.165, 1.54) is 24.9 Å². The van der Waals surface area contributed by atoms with Crippen LogP contribution in [0.25, 0.3) is 0 Å². The Kier molecular flexibility index (Phi) is 6.98. The highest BCUT2D eigenvalue weighted by atomic mass is 16.6. The van der Waals surface area contributed by atoms with Crippen LogP contribution in [-0.4, -0.2) is 77.0 Å². The number of piperidine rings is 1. The fourth-order valence-electron chi connectivity index (χ4n) is 5.78. The van der Waals surface area contributed by atoms with Crippen molar-refractivity contribution in [2.24, 2.45) is 5.92 Å². The molecule has 0 aliphatic carbocycles. The van der Waals surface area contributed by atoms with Gasteiger partial charge < -0.3 is 24.3 Å². The number of hydrogen-bond donors (Lipinski definition) is 1. The number of nitro groups is 1. The lowest BCUT2D eigenvalue weighted by atomic mass is 9.83. The Morgan fingerprint density at radius 2 is 1.85 bits per heavy atom. The third kappa shape index (κ3) is 4.91. The van der Waals surface area contributed by atoms with Crippen molar-refractivity contribution in [2.45, 2.75) is 37.8 Å². The molecule has 1 aromatic heterocycles. The molecule has 2 saturated heterocycles. The molecule has 0 spiro atoms. The number of benzene rings is 1. The summed E-state index contributed by atoms with van der Waals surface area (Å²) >= 11 is 0. The zero-order valence-corrected chi connectivity index (χ0v) is 21.6. The van der Waals surface area contributed by atoms with Gasteiger partial charge >= 0.3 is 17.3 Å². The normalized spacial score (nSPS) is 21.8. The van der Waals surface area contributed by atoms with E-state index in [1.807, 2.05) is 6.07 Å². The van der Waals surface area contributed by atoms with Crippen LogP contribution < -0.4 is 20.3 Å². The van der Waals surface area contributed by atoms with Gasteiger partial charge in [0.2, 0.25) is 5.91 Å². The summed E-state index contributed by atoms with van der Waals surface area (Å²) in [6.45, 7) is 1.15. The van der Waals surface area contributed by atoms with Crippen molar-refractivity contribution in [1.29, 1.82) is 0 Å². The number of urea groups is 1. The molecule has 0 saturated carbocycles. The van der Waals surface area contributed by atoms with E-state index < -0.39 is 34.2 Å². The van der Waals surface area contributed by atoms with Gasteiger partial charge in [0.25, 0.3) is 5.91 Å². The van der Waals surface area contributed by atoms with Gasteiger partial charge in [-0.15, -0.1) is 0 Å². The first kappa shape index (κ1) is 26.2. The Balaban J connectivity index is 1.21. The van der Waals surface area contributed by atoms with E-state index in [2.05, 4.69) is 5.32 Å². The number of carbonyl (C=O) groups is 3. The molecule has 2 unspecified atom stereocenters. The minimum Gasteiger partial charge on any atom is -0.493 e. The van der Waals surface area contributed by atoms with Crippen molar-refractivity contribution in [2.75, 3.05) is 33.9 Å². The number of fused-ring (bicyclic) bond motifs is 4. The number of amides is 4. The maximum absolute atomic E-state index is 13.2. The van der Waals surface area contributed by atoms with Crippen molar-refractivity contribution < 1.29 is 28.8 Å². The van der Waals surface area contributed by atoms with E-state index in [0.717, 1.165) is 16.9 Å². The summed E-state index contributed by atoms with van der Waals surface area (Å²) in [7, 11) is 3.07. The van der Waals surface area contributed by atoms with E-state index >= 15 is 0 Å². The number of imide groups is 1. The predicted molar refractivity (Wildman–Crippen MR) is 137 cm³/mol. The van der Waals surface area contributed by atoms with E-state index in [0.29, 0.717) is 43.2 Å². The van der Waals surface area contributed by atoms with Crippen LogP contribution in [0, 0.1) is 16.0 Å². The molecule has 5 rings (SSSR count). The lowest BCUT2D eigenvalue weighted by molar-refractivity contribution is -0.386. The number of likely N-dealkylation sites (tertiary alicyclic amines) is 1. The van der Waals surface area contributed by atoms with Crippen LogP contribution in [0.4, 0.5) is 10.5 Å². The van der Waals surface area contributed by atoms with Gasteiger partial charge in [-0.05, 0) is 42.5 Å². The molecule has 1 N–H and O–H groups in total. The molecule has 39 heavy (non-hydrogen) atoms. The number of methoxy groups -OCH3 is 2. The molecule has 3 atom stereocenters. The highest BCUT2D eigenvalue weighted by molar-refractivity contribution is 6.05. The second kappa shape index (κ2) is 10.4. The summed E-state index contributed by atoms with van der Waals surface area (Å²) in [5.41, 5.74) is 0.445. The lowest BCUT2D eigenvalue weighted by Gasteiger charge is -2.42. The van der Waals surface area contributed by atoms with E-state index in [-0.39, 0.29) is 30.7 Å². The van der Waals surface area contributed by atoms with Crippen LogP contribution in [0.3, 0.4) is 0 Å². The van der Waals surface area contributed by atoms with E-state index in [1.54, 1.807) is 23.1 Å². The van der Waals surface area contributed by atoms with Crippen LogP contribution in [0.5, 0.6) is 11.5 Å². The highest BCUT2D eigenvalue weighted by Crippen LogP contribution is 2.36. The molecule has 1 aromatic carbocycles. The molecule has 13 nitrogen and oxygen atoms in total. The third-order valence-corrected chi connectivity index (χ3v) is 7.69. The van der Waals surface area contributed by atoms with Crippen molar-refractivity contribution >= 4 is 23.5 Å². The summed E-state index contributed by atoms with van der Waals surface area (Å²) in [5, 5.41) is 13.8. The van der Waals surface area contributed by atoms with Gasteiger partial charge in [-0.3, -0.25) is 29.4 Å². The first-order valence-corrected chi connectivity index (χ1v) is 12.7. The van der Waals surface area contributed by atoms with E-state index in [4.69, 9.17) is 9.47 Å². The van der Waals surface area contributed by atoms with Gasteiger partial charge in [0.1, 0.15) is 6.04 Å². The molecular formula is C26H29N5O8. The first-order chi connectivity index (χ1) is 18.7. The SMILES string of the molecule is COc1ccc(CCN2C(=O)N[C@@H](CC(=O)N3CC4CC(C3)c3ccc([N+](=O)[O-])c(=O)n3C4)C2=O)cc1OC. The van der Waals surface area contributed by atoms with Gasteiger partial charge in [0.05, 0.1) is 25.6 Å². The number of nitrogens with one attached hydrogen (secondary N) is 1. The zero-order valence-electron chi connectivity index (χ0n) is 21.6. The van der Waals surface area contributed by atoms with Crippen LogP contribution in [0.1, 0.15) is 30.0 Å². The van der Waals surface area contributed by atoms with Crippen molar-refractivity contribution in [1.82, 2.24) is 19.7 Å². The molecule has 4 heterocycles. The quantitative estimate of drug-likeness (QED) is 0.299. The molecule has 0 radical (unpaired) electrons. The highest BCUT2D eigenvalue weighted by Gasteiger charge is 2.42. The smallest absolute Gasteiger partial charge is 0.334 e. The zero-order chi connectivity index (χ0) is 27.8. The lowest BCUT2D eigenvalue weighted by Crippen LogP contribution is -2.50. The number of aromatic nitrogens is 1. The second-order valence-corrected chi connectivity index (χ2v) is 10.0. The van der Waals surface area contributed by atoms with Gasteiger partial charge in [0.15, 0.2) is 11.5 Å². The monoisotopic (exact) mass is 539 g/mol. The van der Waals surface area contributed by atoms with Crippen molar-refractivity contribution in [3.63, 3.8) is 0 Å². The number of carbonyl (C=O) groups excluding carboxylic acids is 3. The third-order valence-electron chi connectivity index (χ3n) is 7.69. The van der Waals surface area contributed by atoms with Crippen LogP contribution in [0.15, 0.2) is 35.1 Å². The Morgan fingerprint density at radius 3 is 2.56 bits per heavy atom. The molecule has 206 valence electrons. The second-order valence-electron chi connectivity index (χ2n) is 10.0. The van der Waals surface area contributed by atoms with Gasteiger partial charge in [-0.2, -0.15) is 0 Å². The Morgan fingerprint density at radius 1 is 1.08 bits per heavy atom. The van der Waals surface area contributed by atoms with Gasteiger partial charge in [0, 0.05) is 43.9 Å². The molecule has 2 fully saturated rings. The number of hydrogen-bond acceptors (Lipinski definition) is 8. The minimum atomic E-state index is -0.949. The summed E-state index contributed by atoms with van der Waals surface area (Å²) in [5.74, 6) is 0.243. The summed E-state index contributed by atoms with van der Waals surface area (Å²) in [4.78, 5) is 64.6. The van der Waals surface area contributed by atoms with Crippen LogP contribution in [-0.2, 0) is 22.6 Å². The summed E-state index contributed by atoms with van der Waals surface area (Å²) in [6, 6.07) is 6.70.